The highest BCUT2D eigenvalue weighted by molar-refractivity contribution is 7.99. The smallest absolute Gasteiger partial charge is 0.323 e. The van der Waals surface area contributed by atoms with E-state index in [2.05, 4.69) is 0 Å². The van der Waals surface area contributed by atoms with Gasteiger partial charge in [-0.1, -0.05) is 6.42 Å². The Bertz CT molecular complexity index is 198. The summed E-state index contributed by atoms with van der Waals surface area (Å²) in [7, 11) is 1.71. The van der Waals surface area contributed by atoms with Crippen LogP contribution in [-0.2, 0) is 9.53 Å². The largest absolute Gasteiger partial charge is 0.480 e. The second kappa shape index (κ2) is 8.84. The van der Waals surface area contributed by atoms with Gasteiger partial charge in [0.1, 0.15) is 5.54 Å². The van der Waals surface area contributed by atoms with E-state index in [1.54, 1.807) is 14.0 Å². The molecule has 0 heterocycles. The molecule has 0 aliphatic carbocycles. The van der Waals surface area contributed by atoms with Gasteiger partial charge >= 0.3 is 5.97 Å². The highest BCUT2D eigenvalue weighted by Crippen LogP contribution is 2.13. The molecule has 1 unspecified atom stereocenters. The molecule has 1 atom stereocenters. The molecule has 0 aliphatic rings. The van der Waals surface area contributed by atoms with E-state index in [0.717, 1.165) is 37.4 Å². The maximum absolute atomic E-state index is 10.7. The standard InChI is InChI=1S/C11H23NO3S/c1-11(12,10(13)14)6-3-4-8-16-9-5-7-15-2/h3-9,12H2,1-2H3,(H,13,14). The number of ether oxygens (including phenoxy) is 1. The van der Waals surface area contributed by atoms with Gasteiger partial charge in [-0.3, -0.25) is 4.79 Å². The van der Waals surface area contributed by atoms with Crippen LogP contribution in [0.1, 0.15) is 32.6 Å². The van der Waals surface area contributed by atoms with Crippen molar-refractivity contribution in [3.8, 4) is 0 Å². The van der Waals surface area contributed by atoms with E-state index < -0.39 is 11.5 Å². The number of thioether (sulfide) groups is 1. The molecular weight excluding hydrogens is 226 g/mol. The van der Waals surface area contributed by atoms with E-state index in [-0.39, 0.29) is 0 Å². The van der Waals surface area contributed by atoms with Crippen LogP contribution < -0.4 is 5.73 Å². The van der Waals surface area contributed by atoms with Crippen molar-refractivity contribution in [2.24, 2.45) is 5.73 Å². The predicted octanol–water partition coefficient (Wildman–Crippen LogP) is 1.73. The number of hydrogen-bond acceptors (Lipinski definition) is 4. The molecule has 3 N–H and O–H groups in total. The highest BCUT2D eigenvalue weighted by Gasteiger charge is 2.26. The molecule has 16 heavy (non-hydrogen) atoms. The summed E-state index contributed by atoms with van der Waals surface area (Å²) < 4.78 is 4.95. The normalized spacial score (nSPS) is 14.7. The first-order valence-corrected chi connectivity index (χ1v) is 6.75. The van der Waals surface area contributed by atoms with Gasteiger partial charge in [0, 0.05) is 13.7 Å². The van der Waals surface area contributed by atoms with E-state index >= 15 is 0 Å². The summed E-state index contributed by atoms with van der Waals surface area (Å²) in [5.74, 6) is 1.26. The molecule has 0 aliphatic heterocycles. The summed E-state index contributed by atoms with van der Waals surface area (Å²) in [5, 5.41) is 8.80. The zero-order valence-corrected chi connectivity index (χ0v) is 11.0. The minimum atomic E-state index is -1.07. The second-order valence-electron chi connectivity index (χ2n) is 4.14. The monoisotopic (exact) mass is 249 g/mol. The van der Waals surface area contributed by atoms with E-state index in [9.17, 15) is 4.79 Å². The number of carboxylic acid groups (broad SMARTS) is 1. The van der Waals surface area contributed by atoms with Crippen molar-refractivity contribution < 1.29 is 14.6 Å². The molecule has 0 rings (SSSR count). The average molecular weight is 249 g/mol. The number of carbonyl (C=O) groups is 1. The molecule has 0 aromatic carbocycles. The molecule has 0 amide bonds. The van der Waals surface area contributed by atoms with Crippen molar-refractivity contribution in [3.05, 3.63) is 0 Å². The van der Waals surface area contributed by atoms with Gasteiger partial charge in [-0.15, -0.1) is 0 Å². The molecule has 0 saturated heterocycles. The van der Waals surface area contributed by atoms with Gasteiger partial charge in [0.2, 0.25) is 0 Å². The molecule has 0 aromatic heterocycles. The molecule has 0 spiro atoms. The lowest BCUT2D eigenvalue weighted by Crippen LogP contribution is -2.44. The number of nitrogens with two attached hydrogens (primary N) is 1. The van der Waals surface area contributed by atoms with Crippen molar-refractivity contribution in [2.75, 3.05) is 25.2 Å². The fourth-order valence-electron chi connectivity index (χ4n) is 1.21. The Morgan fingerprint density at radius 1 is 1.38 bits per heavy atom. The third kappa shape index (κ3) is 7.96. The molecule has 5 heteroatoms. The Labute approximate surface area is 102 Å². The Morgan fingerprint density at radius 3 is 2.56 bits per heavy atom. The van der Waals surface area contributed by atoms with Crippen molar-refractivity contribution >= 4 is 17.7 Å². The number of aliphatic carboxylic acids is 1. The van der Waals surface area contributed by atoms with E-state index in [4.69, 9.17) is 15.6 Å². The van der Waals surface area contributed by atoms with Crippen LogP contribution in [-0.4, -0.2) is 41.8 Å². The average Bonchev–Trinajstić information content (AvgIpc) is 2.21. The quantitative estimate of drug-likeness (QED) is 0.577. The van der Waals surface area contributed by atoms with E-state index in [1.165, 1.54) is 0 Å². The van der Waals surface area contributed by atoms with Crippen LogP contribution in [0.4, 0.5) is 0 Å². The van der Waals surface area contributed by atoms with Crippen molar-refractivity contribution in [1.82, 2.24) is 0 Å². The third-order valence-electron chi connectivity index (χ3n) is 2.36. The van der Waals surface area contributed by atoms with Crippen LogP contribution in [0.5, 0.6) is 0 Å². The van der Waals surface area contributed by atoms with Gasteiger partial charge in [0.05, 0.1) is 0 Å². The SMILES string of the molecule is COCCCSCCCCC(C)(N)C(=O)O. The summed E-state index contributed by atoms with van der Waals surface area (Å²) in [6, 6.07) is 0. The number of hydrogen-bond donors (Lipinski definition) is 2. The zero-order valence-electron chi connectivity index (χ0n) is 10.2. The third-order valence-corrected chi connectivity index (χ3v) is 3.52. The van der Waals surface area contributed by atoms with Crippen molar-refractivity contribution in [3.63, 3.8) is 0 Å². The lowest BCUT2D eigenvalue weighted by Gasteiger charge is -2.18. The summed E-state index contributed by atoms with van der Waals surface area (Å²) in [6.07, 6.45) is 3.51. The molecule has 96 valence electrons. The second-order valence-corrected chi connectivity index (χ2v) is 5.36. The molecule has 4 nitrogen and oxygen atoms in total. The molecule has 0 aromatic rings. The molecule has 0 bridgehead atoms. The van der Waals surface area contributed by atoms with Gasteiger partial charge in [-0.2, -0.15) is 11.8 Å². The molecular formula is C11H23NO3S. The number of methoxy groups -OCH3 is 1. The van der Waals surface area contributed by atoms with E-state index in [1.807, 2.05) is 11.8 Å². The van der Waals surface area contributed by atoms with Gasteiger partial charge in [0.25, 0.3) is 0 Å². The van der Waals surface area contributed by atoms with Crippen LogP contribution in [0.3, 0.4) is 0 Å². The van der Waals surface area contributed by atoms with Crippen LogP contribution in [0, 0.1) is 0 Å². The Kier molecular flexibility index (Phi) is 8.70. The molecule has 0 saturated carbocycles. The predicted molar refractivity (Wildman–Crippen MR) is 67.9 cm³/mol. The van der Waals surface area contributed by atoms with Crippen LogP contribution in [0.25, 0.3) is 0 Å². The molecule has 0 fully saturated rings. The highest BCUT2D eigenvalue weighted by atomic mass is 32.2. The van der Waals surface area contributed by atoms with Crippen molar-refractivity contribution in [2.45, 2.75) is 38.1 Å². The summed E-state index contributed by atoms with van der Waals surface area (Å²) >= 11 is 1.88. The maximum atomic E-state index is 10.7. The zero-order chi connectivity index (χ0) is 12.4. The number of rotatable bonds is 10. The number of unbranched alkanes of at least 4 members (excludes halogenated alkanes) is 1. The van der Waals surface area contributed by atoms with Gasteiger partial charge in [0.15, 0.2) is 0 Å². The van der Waals surface area contributed by atoms with Gasteiger partial charge in [-0.25, -0.2) is 0 Å². The van der Waals surface area contributed by atoms with Crippen molar-refractivity contribution in [1.29, 1.82) is 0 Å². The summed E-state index contributed by atoms with van der Waals surface area (Å²) in [5.41, 5.74) is 4.55. The Morgan fingerprint density at radius 2 is 2.00 bits per heavy atom. The Hall–Kier alpha value is -0.260. The minimum Gasteiger partial charge on any atom is -0.480 e. The number of carboxylic acids is 1. The summed E-state index contributed by atoms with van der Waals surface area (Å²) in [6.45, 7) is 2.38. The maximum Gasteiger partial charge on any atom is 0.323 e. The van der Waals surface area contributed by atoms with Gasteiger partial charge < -0.3 is 15.6 Å². The minimum absolute atomic E-state index is 0.543. The first-order valence-electron chi connectivity index (χ1n) is 5.59. The van der Waals surface area contributed by atoms with E-state index in [0.29, 0.717) is 6.42 Å². The Balaban J connectivity index is 3.30. The van der Waals surface area contributed by atoms with Gasteiger partial charge in [-0.05, 0) is 37.7 Å². The lowest BCUT2D eigenvalue weighted by atomic mass is 9.97. The fourth-order valence-corrected chi connectivity index (χ4v) is 2.15. The van der Waals surface area contributed by atoms with Crippen LogP contribution >= 0.6 is 11.8 Å². The first kappa shape index (κ1) is 15.7. The topological polar surface area (TPSA) is 72.5 Å². The fraction of sp³-hybridized carbons (Fsp3) is 0.909. The lowest BCUT2D eigenvalue weighted by molar-refractivity contribution is -0.142. The van der Waals surface area contributed by atoms with Crippen LogP contribution in [0.2, 0.25) is 0 Å². The summed E-state index contributed by atoms with van der Waals surface area (Å²) in [4.78, 5) is 10.7. The van der Waals surface area contributed by atoms with Crippen LogP contribution in [0.15, 0.2) is 0 Å². The molecule has 0 radical (unpaired) electrons. The first-order chi connectivity index (χ1) is 7.50.